The van der Waals surface area contributed by atoms with Gasteiger partial charge in [-0.1, -0.05) is 141 Å². The van der Waals surface area contributed by atoms with Crippen molar-refractivity contribution in [3.05, 3.63) is 142 Å². The van der Waals surface area contributed by atoms with Gasteiger partial charge in [-0.2, -0.15) is 0 Å². The molecule has 0 fully saturated rings. The first-order valence-electron chi connectivity index (χ1n) is 30.7. The topological polar surface area (TPSA) is 305 Å². The number of nitrogens with zero attached hydrogens (tertiary/aromatic N) is 3. The SMILES string of the molecule is CNC(C(=O)N[C@H](C(=O)N(C)[C@H](/C=C(\C)C(=O)O)C(C)C)C(C)(C)C)C(C)(C)c1cn(C)c2ccc(CNC(=O)OCc3ccc(NC(=O)[C@H](CCCNC(N)=O)NC(=O)[C@@H](NC(=O)CCC(=O)N4Cc5ccccc5C=Cc5ccccc54)C(C)C)cc3)cc12. The molecule has 1 unspecified atom stereocenters. The third-order valence-corrected chi connectivity index (χ3v) is 16.5. The lowest BCUT2D eigenvalue weighted by Crippen LogP contribution is -2.61. The highest BCUT2D eigenvalue weighted by atomic mass is 16.5. The molecule has 9 amide bonds. The van der Waals surface area contributed by atoms with E-state index in [1.54, 1.807) is 63.2 Å². The van der Waals surface area contributed by atoms with E-state index in [0.717, 1.165) is 44.4 Å². The van der Waals surface area contributed by atoms with Gasteiger partial charge in [-0.25, -0.2) is 14.4 Å². The molecule has 4 aromatic carbocycles. The van der Waals surface area contributed by atoms with E-state index in [1.807, 2.05) is 145 Å². The van der Waals surface area contributed by atoms with Crippen molar-refractivity contribution in [2.45, 2.75) is 150 Å². The summed E-state index contributed by atoms with van der Waals surface area (Å²) in [5, 5.41) is 30.4. The quantitative estimate of drug-likeness (QED) is 0.0178. The number of carbonyl (C=O) groups excluding carboxylic acids is 8. The van der Waals surface area contributed by atoms with E-state index < -0.39 is 88.7 Å². The first kappa shape index (κ1) is 70.8. The van der Waals surface area contributed by atoms with Gasteiger partial charge in [-0.15, -0.1) is 0 Å². The number of anilines is 2. The summed E-state index contributed by atoms with van der Waals surface area (Å²) < 4.78 is 7.54. The molecule has 2 heterocycles. The van der Waals surface area contributed by atoms with Crippen LogP contribution in [0.1, 0.15) is 128 Å². The van der Waals surface area contributed by atoms with Gasteiger partial charge in [0.1, 0.15) is 24.7 Å². The molecule has 6 rings (SSSR count). The minimum atomic E-state index is -1.11. The van der Waals surface area contributed by atoms with Crippen molar-refractivity contribution in [3.8, 4) is 0 Å². The van der Waals surface area contributed by atoms with E-state index in [1.165, 1.54) is 11.8 Å². The number of ether oxygens (including phenoxy) is 1. The van der Waals surface area contributed by atoms with Crippen LogP contribution in [-0.4, -0.2) is 119 Å². The molecule has 1 aliphatic rings. The number of carbonyl (C=O) groups is 9. The number of benzene rings is 4. The molecule has 0 aliphatic carbocycles. The second-order valence-electron chi connectivity index (χ2n) is 25.6. The standard InChI is InChI=1S/C69H91N11O11/c1-41(2)55(35-43(5)65(87)88)79(13)64(86)60(68(6,7)8)77-63(85)59(71-11)69(9,10)51-39-78(12)54-31-26-45(36-50(51)54)37-73-67(90)91-40-44-24-29-49(30-25-44)74-61(83)52(22-18-34-72-66(70)89)75-62(84)58(42(3)4)76-56(81)32-33-57(82)80-38-48-21-15-14-19-46(48)27-28-47-20-16-17-23-53(47)80/h14-17,19-21,23-31,35-36,39,41-42,52,55,58-60,71H,18,22,32-34,37-38,40H2,1-13H3,(H,73,90)(H,74,83)(H,75,84)(H,76,81)(H,77,85)(H,87,88)(H3,70,72,89)/b28-27?,43-35+/t52-,55+,58-,59?,60+/m0/s1. The molecule has 1 aliphatic heterocycles. The van der Waals surface area contributed by atoms with Gasteiger partial charge in [-0.3, -0.25) is 28.8 Å². The van der Waals surface area contributed by atoms with Crippen LogP contribution in [0.4, 0.5) is 21.0 Å². The molecule has 5 atom stereocenters. The molecule has 0 radical (unpaired) electrons. The third-order valence-electron chi connectivity index (χ3n) is 16.5. The number of nitrogens with one attached hydrogen (secondary N) is 7. The Balaban J connectivity index is 1.05. The van der Waals surface area contributed by atoms with E-state index in [-0.39, 0.29) is 68.7 Å². The molecule has 0 saturated heterocycles. The lowest BCUT2D eigenvalue weighted by molar-refractivity contribution is -0.141. The number of aryl methyl sites for hydroxylation is 1. The summed E-state index contributed by atoms with van der Waals surface area (Å²) in [4.78, 5) is 124. The Bertz CT molecular complexity index is 3530. The number of carboxylic acids is 1. The first-order chi connectivity index (χ1) is 42.9. The average Bonchev–Trinajstić information content (AvgIpc) is 1.66. The summed E-state index contributed by atoms with van der Waals surface area (Å²) in [7, 11) is 5.22. The minimum Gasteiger partial charge on any atom is -0.478 e. The molecule has 1 aromatic heterocycles. The van der Waals surface area contributed by atoms with Crippen LogP contribution >= 0.6 is 0 Å². The second kappa shape index (κ2) is 31.4. The fourth-order valence-corrected chi connectivity index (χ4v) is 11.2. The molecule has 22 heteroatoms. The van der Waals surface area contributed by atoms with Crippen LogP contribution in [0.15, 0.2) is 109 Å². The number of amides is 9. The molecular formula is C69H91N11O11. The predicted molar refractivity (Wildman–Crippen MR) is 353 cm³/mol. The molecule has 0 bridgehead atoms. The van der Waals surface area contributed by atoms with E-state index in [0.29, 0.717) is 17.8 Å². The third kappa shape index (κ3) is 18.9. The van der Waals surface area contributed by atoms with E-state index in [9.17, 15) is 48.3 Å². The molecule has 22 nitrogen and oxygen atoms in total. The lowest BCUT2D eigenvalue weighted by Gasteiger charge is -2.39. The smallest absolute Gasteiger partial charge is 0.407 e. The Hall–Kier alpha value is -9.31. The number of aliphatic carboxylic acids is 1. The normalized spacial score (nSPS) is 14.1. The summed E-state index contributed by atoms with van der Waals surface area (Å²) in [6.07, 6.45) is 6.86. The lowest BCUT2D eigenvalue weighted by atomic mass is 9.76. The fourth-order valence-electron chi connectivity index (χ4n) is 11.2. The highest BCUT2D eigenvalue weighted by Gasteiger charge is 2.43. The van der Waals surface area contributed by atoms with Gasteiger partial charge in [0.15, 0.2) is 0 Å². The number of nitrogens with two attached hydrogens (primary N) is 1. The summed E-state index contributed by atoms with van der Waals surface area (Å²) in [5.74, 6) is -4.34. The number of fused-ring (bicyclic) bond motifs is 3. The van der Waals surface area contributed by atoms with Crippen LogP contribution < -0.4 is 47.9 Å². The van der Waals surface area contributed by atoms with Gasteiger partial charge in [-0.05, 0) is 108 Å². The van der Waals surface area contributed by atoms with Crippen LogP contribution in [0.3, 0.4) is 0 Å². The van der Waals surface area contributed by atoms with Crippen molar-refractivity contribution in [2.24, 2.45) is 30.0 Å². The van der Waals surface area contributed by atoms with Crippen molar-refractivity contribution in [2.75, 3.05) is 30.9 Å². The van der Waals surface area contributed by atoms with Gasteiger partial charge >= 0.3 is 18.1 Å². The van der Waals surface area contributed by atoms with Gasteiger partial charge in [0, 0.05) is 73.8 Å². The van der Waals surface area contributed by atoms with Crippen molar-refractivity contribution in [1.29, 1.82) is 0 Å². The van der Waals surface area contributed by atoms with E-state index in [2.05, 4.69) is 37.2 Å². The van der Waals surface area contributed by atoms with Crippen LogP contribution in [-0.2, 0) is 70.5 Å². The number of hydrogen-bond donors (Lipinski definition) is 9. The molecule has 488 valence electrons. The number of rotatable bonds is 27. The predicted octanol–water partition coefficient (Wildman–Crippen LogP) is 8.03. The maximum Gasteiger partial charge on any atom is 0.407 e. The monoisotopic (exact) mass is 1250 g/mol. The van der Waals surface area contributed by atoms with Crippen LogP contribution in [0, 0.1) is 17.3 Å². The largest absolute Gasteiger partial charge is 0.478 e. The Morgan fingerprint density at radius 2 is 1.41 bits per heavy atom. The molecule has 0 spiro atoms. The van der Waals surface area contributed by atoms with Crippen LogP contribution in [0.5, 0.6) is 0 Å². The van der Waals surface area contributed by atoms with E-state index >= 15 is 0 Å². The molecule has 0 saturated carbocycles. The number of carboxylic acid groups (broad SMARTS) is 1. The summed E-state index contributed by atoms with van der Waals surface area (Å²) >= 11 is 0. The molecule has 91 heavy (non-hydrogen) atoms. The Labute approximate surface area is 533 Å². The number of aromatic nitrogens is 1. The zero-order valence-electron chi connectivity index (χ0n) is 54.6. The van der Waals surface area contributed by atoms with Gasteiger partial charge < -0.3 is 67.2 Å². The zero-order valence-corrected chi connectivity index (χ0v) is 54.6. The highest BCUT2D eigenvalue weighted by molar-refractivity contribution is 6.01. The van der Waals surface area contributed by atoms with Crippen molar-refractivity contribution < 1.29 is 53.0 Å². The number of primary amides is 1. The van der Waals surface area contributed by atoms with E-state index in [4.69, 9.17) is 10.5 Å². The maximum atomic E-state index is 14.5. The fraction of sp³-hybridized carbons (Fsp3) is 0.435. The average molecular weight is 1250 g/mol. The second-order valence-corrected chi connectivity index (χ2v) is 25.6. The summed E-state index contributed by atoms with van der Waals surface area (Å²) in [6, 6.07) is 22.4. The highest BCUT2D eigenvalue weighted by Crippen LogP contribution is 2.36. The Kier molecular flexibility index (Phi) is 24.4. The minimum absolute atomic E-state index is 0.0928. The van der Waals surface area contributed by atoms with Crippen LogP contribution in [0.25, 0.3) is 23.1 Å². The van der Waals surface area contributed by atoms with Gasteiger partial charge in [0.05, 0.1) is 24.3 Å². The summed E-state index contributed by atoms with van der Waals surface area (Å²) in [5.41, 5.74) is 10.8. The van der Waals surface area contributed by atoms with Crippen molar-refractivity contribution in [1.82, 2.24) is 41.4 Å². The number of alkyl carbamates (subject to hydrolysis) is 1. The van der Waals surface area contributed by atoms with Gasteiger partial charge in [0.2, 0.25) is 35.4 Å². The molecule has 10 N–H and O–H groups in total. The van der Waals surface area contributed by atoms with Crippen LogP contribution in [0.2, 0.25) is 0 Å². The Morgan fingerprint density at radius 3 is 2.04 bits per heavy atom. The summed E-state index contributed by atoms with van der Waals surface area (Å²) in [6.45, 7) is 18.7. The maximum absolute atomic E-state index is 14.5. The number of para-hydroxylation sites is 1. The van der Waals surface area contributed by atoms with Gasteiger partial charge in [0.25, 0.3) is 0 Å². The zero-order chi connectivity index (χ0) is 67.1. The molecule has 5 aromatic rings. The first-order valence-corrected chi connectivity index (χ1v) is 30.7. The molecular weight excluding hydrogens is 1160 g/mol. The Morgan fingerprint density at radius 1 is 0.758 bits per heavy atom. The number of likely N-dealkylation sites (N-methyl/N-ethyl adjacent to an activating group) is 2. The van der Waals surface area contributed by atoms with Crippen molar-refractivity contribution >= 4 is 88.0 Å². The number of urea groups is 1. The van der Waals surface area contributed by atoms with Crippen molar-refractivity contribution in [3.63, 3.8) is 0 Å². The number of hydrogen-bond acceptors (Lipinski definition) is 11.